The Morgan fingerprint density at radius 3 is 2.37 bits per heavy atom. The van der Waals surface area contributed by atoms with Gasteiger partial charge in [-0.3, -0.25) is 4.79 Å². The SMILES string of the molecule is CCCOc1c(OC)cccc1[C@H]1CC(=O)Nc2cc(OC)c(OC)cc21. The van der Waals surface area contributed by atoms with Gasteiger partial charge in [0, 0.05) is 29.7 Å². The van der Waals surface area contributed by atoms with Crippen molar-refractivity contribution in [2.45, 2.75) is 25.7 Å². The number of fused-ring (bicyclic) bond motifs is 1. The van der Waals surface area contributed by atoms with E-state index in [1.807, 2.05) is 24.3 Å². The average molecular weight is 371 g/mol. The summed E-state index contributed by atoms with van der Waals surface area (Å²) >= 11 is 0. The van der Waals surface area contributed by atoms with Gasteiger partial charge in [0.1, 0.15) is 0 Å². The van der Waals surface area contributed by atoms with E-state index in [-0.39, 0.29) is 11.8 Å². The normalized spacial score (nSPS) is 15.6. The Bertz CT molecular complexity index is 834. The van der Waals surface area contributed by atoms with Crippen LogP contribution in [0.15, 0.2) is 30.3 Å². The molecule has 0 fully saturated rings. The third-order valence-electron chi connectivity index (χ3n) is 4.65. The Morgan fingerprint density at radius 1 is 1.00 bits per heavy atom. The second-order valence-corrected chi connectivity index (χ2v) is 6.33. The summed E-state index contributed by atoms with van der Waals surface area (Å²) < 4.78 is 22.3. The molecule has 0 saturated heterocycles. The fraction of sp³-hybridized carbons (Fsp3) is 0.381. The van der Waals surface area contributed by atoms with Crippen LogP contribution in [0.1, 0.15) is 36.8 Å². The lowest BCUT2D eigenvalue weighted by Crippen LogP contribution is -2.24. The third kappa shape index (κ3) is 3.65. The van der Waals surface area contributed by atoms with Gasteiger partial charge in [0.15, 0.2) is 23.0 Å². The number of ether oxygens (including phenoxy) is 4. The largest absolute Gasteiger partial charge is 0.493 e. The lowest BCUT2D eigenvalue weighted by molar-refractivity contribution is -0.116. The van der Waals surface area contributed by atoms with E-state index in [9.17, 15) is 4.79 Å². The zero-order valence-corrected chi connectivity index (χ0v) is 16.1. The first-order chi connectivity index (χ1) is 13.1. The minimum atomic E-state index is -0.171. The second-order valence-electron chi connectivity index (χ2n) is 6.33. The summed E-state index contributed by atoms with van der Waals surface area (Å²) in [5.74, 6) is 2.32. The zero-order valence-electron chi connectivity index (χ0n) is 16.1. The van der Waals surface area contributed by atoms with E-state index in [4.69, 9.17) is 18.9 Å². The maximum Gasteiger partial charge on any atom is 0.225 e. The van der Waals surface area contributed by atoms with E-state index in [0.717, 1.165) is 23.2 Å². The Morgan fingerprint density at radius 2 is 1.70 bits per heavy atom. The number of rotatable bonds is 7. The Labute approximate surface area is 159 Å². The molecule has 3 rings (SSSR count). The van der Waals surface area contributed by atoms with Gasteiger partial charge in [-0.1, -0.05) is 19.1 Å². The van der Waals surface area contributed by atoms with Crippen LogP contribution in [0.25, 0.3) is 0 Å². The predicted molar refractivity (Wildman–Crippen MR) is 103 cm³/mol. The van der Waals surface area contributed by atoms with E-state index in [1.54, 1.807) is 27.4 Å². The molecule has 0 spiro atoms. The number of nitrogens with one attached hydrogen (secondary N) is 1. The van der Waals surface area contributed by atoms with E-state index in [0.29, 0.717) is 36.0 Å². The standard InChI is InChI=1S/C21H25NO5/c1-5-9-27-21-13(7-6-8-17(21)24-2)14-11-20(23)22-16-12-19(26-4)18(25-3)10-15(14)16/h6-8,10,12,14H,5,9,11H2,1-4H3,(H,22,23)/t14-/m1/s1. The van der Waals surface area contributed by atoms with E-state index >= 15 is 0 Å². The van der Waals surface area contributed by atoms with Crippen molar-refractivity contribution >= 4 is 11.6 Å². The van der Waals surface area contributed by atoms with Crippen molar-refractivity contribution in [2.24, 2.45) is 0 Å². The summed E-state index contributed by atoms with van der Waals surface area (Å²) in [7, 11) is 4.79. The second kappa shape index (κ2) is 8.20. The molecule has 1 amide bonds. The lowest BCUT2D eigenvalue weighted by Gasteiger charge is -2.29. The molecule has 144 valence electrons. The van der Waals surface area contributed by atoms with Crippen LogP contribution < -0.4 is 24.3 Å². The van der Waals surface area contributed by atoms with Gasteiger partial charge in [0.2, 0.25) is 5.91 Å². The Kier molecular flexibility index (Phi) is 5.74. The fourth-order valence-electron chi connectivity index (χ4n) is 3.39. The number of hydrogen-bond acceptors (Lipinski definition) is 5. The van der Waals surface area contributed by atoms with Crippen molar-refractivity contribution in [3.8, 4) is 23.0 Å². The Hall–Kier alpha value is -2.89. The van der Waals surface area contributed by atoms with Gasteiger partial charge >= 0.3 is 0 Å². The number of carbonyl (C=O) groups is 1. The average Bonchev–Trinajstić information content (AvgIpc) is 2.70. The molecule has 0 saturated carbocycles. The minimum Gasteiger partial charge on any atom is -0.493 e. The van der Waals surface area contributed by atoms with Gasteiger partial charge < -0.3 is 24.3 Å². The number of anilines is 1. The van der Waals surface area contributed by atoms with Crippen molar-refractivity contribution in [1.82, 2.24) is 0 Å². The molecule has 0 aromatic heterocycles. The fourth-order valence-corrected chi connectivity index (χ4v) is 3.39. The minimum absolute atomic E-state index is 0.0519. The molecule has 0 unspecified atom stereocenters. The van der Waals surface area contributed by atoms with Gasteiger partial charge in [0.25, 0.3) is 0 Å². The number of methoxy groups -OCH3 is 3. The molecule has 0 bridgehead atoms. The maximum atomic E-state index is 12.4. The quantitative estimate of drug-likeness (QED) is 0.798. The highest BCUT2D eigenvalue weighted by atomic mass is 16.5. The molecular weight excluding hydrogens is 346 g/mol. The number of amides is 1. The molecule has 2 aromatic carbocycles. The molecule has 1 aliphatic heterocycles. The van der Waals surface area contributed by atoms with Gasteiger partial charge in [-0.05, 0) is 24.1 Å². The molecule has 0 aliphatic carbocycles. The molecule has 6 nitrogen and oxygen atoms in total. The van der Waals surface area contributed by atoms with Crippen molar-refractivity contribution in [3.05, 3.63) is 41.5 Å². The number of carbonyl (C=O) groups excluding carboxylic acids is 1. The van der Waals surface area contributed by atoms with Gasteiger partial charge in [-0.25, -0.2) is 0 Å². The highest BCUT2D eigenvalue weighted by Crippen LogP contribution is 2.47. The first kappa shape index (κ1) is 18.9. The molecule has 6 heteroatoms. The van der Waals surface area contributed by atoms with Crippen molar-refractivity contribution < 1.29 is 23.7 Å². The van der Waals surface area contributed by atoms with Crippen LogP contribution in [0.5, 0.6) is 23.0 Å². The molecular formula is C21H25NO5. The van der Waals surface area contributed by atoms with Gasteiger partial charge in [-0.15, -0.1) is 0 Å². The predicted octanol–water partition coefficient (Wildman–Crippen LogP) is 3.98. The lowest BCUT2D eigenvalue weighted by atomic mass is 9.84. The highest BCUT2D eigenvalue weighted by Gasteiger charge is 2.31. The van der Waals surface area contributed by atoms with Crippen LogP contribution in [0.3, 0.4) is 0 Å². The topological polar surface area (TPSA) is 66.0 Å². The summed E-state index contributed by atoms with van der Waals surface area (Å²) in [6.07, 6.45) is 1.20. The number of benzene rings is 2. The van der Waals surface area contributed by atoms with Crippen LogP contribution in [-0.2, 0) is 4.79 Å². The van der Waals surface area contributed by atoms with Gasteiger partial charge in [-0.2, -0.15) is 0 Å². The number of para-hydroxylation sites is 1. The first-order valence-corrected chi connectivity index (χ1v) is 8.98. The van der Waals surface area contributed by atoms with Crippen LogP contribution >= 0.6 is 0 Å². The van der Waals surface area contributed by atoms with Gasteiger partial charge in [0.05, 0.1) is 27.9 Å². The van der Waals surface area contributed by atoms with E-state index < -0.39 is 0 Å². The van der Waals surface area contributed by atoms with Crippen molar-refractivity contribution in [3.63, 3.8) is 0 Å². The molecule has 0 radical (unpaired) electrons. The van der Waals surface area contributed by atoms with E-state index in [2.05, 4.69) is 12.2 Å². The summed E-state index contributed by atoms with van der Waals surface area (Å²) in [4.78, 5) is 12.4. The molecule has 1 atom stereocenters. The summed E-state index contributed by atoms with van der Waals surface area (Å²) in [6, 6.07) is 9.48. The summed E-state index contributed by atoms with van der Waals surface area (Å²) in [5, 5.41) is 2.93. The molecule has 27 heavy (non-hydrogen) atoms. The van der Waals surface area contributed by atoms with Crippen LogP contribution in [-0.4, -0.2) is 33.8 Å². The third-order valence-corrected chi connectivity index (χ3v) is 4.65. The van der Waals surface area contributed by atoms with E-state index in [1.165, 1.54) is 0 Å². The number of hydrogen-bond donors (Lipinski definition) is 1. The molecule has 2 aromatic rings. The molecule has 1 N–H and O–H groups in total. The van der Waals surface area contributed by atoms with Crippen molar-refractivity contribution in [1.29, 1.82) is 0 Å². The van der Waals surface area contributed by atoms with Crippen LogP contribution in [0, 0.1) is 0 Å². The smallest absolute Gasteiger partial charge is 0.225 e. The maximum absolute atomic E-state index is 12.4. The van der Waals surface area contributed by atoms with Crippen molar-refractivity contribution in [2.75, 3.05) is 33.3 Å². The Balaban J connectivity index is 2.15. The summed E-state index contributed by atoms with van der Waals surface area (Å²) in [5.41, 5.74) is 2.60. The van der Waals surface area contributed by atoms with Crippen LogP contribution in [0.4, 0.5) is 5.69 Å². The zero-order chi connectivity index (χ0) is 19.4. The monoisotopic (exact) mass is 371 g/mol. The molecule has 1 aliphatic rings. The molecule has 1 heterocycles. The summed E-state index contributed by atoms with van der Waals surface area (Å²) in [6.45, 7) is 2.63. The highest BCUT2D eigenvalue weighted by molar-refractivity contribution is 5.96. The van der Waals surface area contributed by atoms with Crippen LogP contribution in [0.2, 0.25) is 0 Å². The first-order valence-electron chi connectivity index (χ1n) is 8.98.